The van der Waals surface area contributed by atoms with Gasteiger partial charge in [0.1, 0.15) is 5.78 Å². The summed E-state index contributed by atoms with van der Waals surface area (Å²) >= 11 is 0. The maximum absolute atomic E-state index is 11.2. The molecule has 0 radical (unpaired) electrons. The predicted octanol–water partition coefficient (Wildman–Crippen LogP) is 0.853. The van der Waals surface area contributed by atoms with E-state index in [-0.39, 0.29) is 12.4 Å². The first-order valence-corrected chi connectivity index (χ1v) is 4.02. The highest BCUT2D eigenvalue weighted by molar-refractivity contribution is 5.85. The molecule has 3 heteroatoms. The van der Waals surface area contributed by atoms with Crippen LogP contribution in [-0.2, 0) is 4.79 Å². The third kappa shape index (κ3) is 1.30. The minimum atomic E-state index is 0. The van der Waals surface area contributed by atoms with Crippen LogP contribution in [0, 0.1) is 17.8 Å². The molecular weight excluding hydrogens is 162 g/mol. The predicted molar refractivity (Wildman–Crippen MR) is 45.9 cm³/mol. The van der Waals surface area contributed by atoms with Crippen LogP contribution in [0.1, 0.15) is 13.3 Å². The molecule has 2 fully saturated rings. The second-order valence-corrected chi connectivity index (χ2v) is 3.54. The lowest BCUT2D eigenvalue weighted by atomic mass is 9.94. The van der Waals surface area contributed by atoms with E-state index in [2.05, 4.69) is 12.2 Å². The molecule has 1 saturated carbocycles. The Bertz CT molecular complexity index is 171. The Morgan fingerprint density at radius 2 is 2.18 bits per heavy atom. The number of rotatable bonds is 0. The number of carbonyl (C=O) groups is 1. The topological polar surface area (TPSA) is 29.1 Å². The van der Waals surface area contributed by atoms with Crippen molar-refractivity contribution in [3.8, 4) is 0 Å². The van der Waals surface area contributed by atoms with Gasteiger partial charge in [-0.3, -0.25) is 4.79 Å². The Morgan fingerprint density at radius 3 is 2.82 bits per heavy atom. The van der Waals surface area contributed by atoms with Crippen molar-refractivity contribution in [2.75, 3.05) is 13.1 Å². The molecule has 2 rings (SSSR count). The number of carbonyl (C=O) groups excluding carboxylic acids is 1. The van der Waals surface area contributed by atoms with Crippen LogP contribution in [0.3, 0.4) is 0 Å². The van der Waals surface area contributed by atoms with Crippen molar-refractivity contribution < 1.29 is 4.79 Å². The Hall–Kier alpha value is -0.0800. The van der Waals surface area contributed by atoms with Gasteiger partial charge in [0.05, 0.1) is 0 Å². The quantitative estimate of drug-likeness (QED) is 0.592. The van der Waals surface area contributed by atoms with Crippen LogP contribution in [0.25, 0.3) is 0 Å². The minimum absolute atomic E-state index is 0. The summed E-state index contributed by atoms with van der Waals surface area (Å²) in [6.45, 7) is 4.21. The van der Waals surface area contributed by atoms with Crippen molar-refractivity contribution in [1.82, 2.24) is 5.32 Å². The van der Waals surface area contributed by atoms with E-state index in [0.29, 0.717) is 23.5 Å². The number of halogens is 1. The van der Waals surface area contributed by atoms with Gasteiger partial charge in [-0.05, 0) is 24.9 Å². The first-order valence-electron chi connectivity index (χ1n) is 4.02. The van der Waals surface area contributed by atoms with Gasteiger partial charge in [0, 0.05) is 12.3 Å². The maximum Gasteiger partial charge on any atom is 0.136 e. The molecule has 1 unspecified atom stereocenters. The fraction of sp³-hybridized carbons (Fsp3) is 0.875. The van der Waals surface area contributed by atoms with Crippen LogP contribution < -0.4 is 5.32 Å². The van der Waals surface area contributed by atoms with E-state index in [9.17, 15) is 4.79 Å². The van der Waals surface area contributed by atoms with E-state index >= 15 is 0 Å². The third-order valence-electron chi connectivity index (χ3n) is 3.01. The van der Waals surface area contributed by atoms with Crippen LogP contribution in [0.15, 0.2) is 0 Å². The summed E-state index contributed by atoms with van der Waals surface area (Å²) in [6.07, 6.45) is 0.832. The molecule has 11 heavy (non-hydrogen) atoms. The molecule has 1 heterocycles. The fourth-order valence-electron chi connectivity index (χ4n) is 2.25. The van der Waals surface area contributed by atoms with Gasteiger partial charge in [-0.1, -0.05) is 6.92 Å². The van der Waals surface area contributed by atoms with E-state index in [4.69, 9.17) is 0 Å². The molecule has 0 bridgehead atoms. The SMILES string of the molecule is CC1C(=O)C[C@@H]2CNC[C@H]12.Cl. The number of ketones is 1. The summed E-state index contributed by atoms with van der Waals surface area (Å²) in [5.74, 6) is 2.14. The van der Waals surface area contributed by atoms with Gasteiger partial charge in [-0.2, -0.15) is 0 Å². The maximum atomic E-state index is 11.2. The Kier molecular flexibility index (Phi) is 2.55. The van der Waals surface area contributed by atoms with Crippen molar-refractivity contribution in [2.45, 2.75) is 13.3 Å². The number of hydrogen-bond donors (Lipinski definition) is 1. The second-order valence-electron chi connectivity index (χ2n) is 3.54. The van der Waals surface area contributed by atoms with Crippen LogP contribution in [0.2, 0.25) is 0 Å². The number of Topliss-reactive ketones (excluding diaryl/α,β-unsaturated/α-hetero) is 1. The monoisotopic (exact) mass is 175 g/mol. The Balaban J connectivity index is 0.000000605. The summed E-state index contributed by atoms with van der Waals surface area (Å²) in [5, 5.41) is 3.32. The standard InChI is InChI=1S/C8H13NO.ClH/c1-5-7-4-9-3-6(7)2-8(5)10;/h5-7,9H,2-4H2,1H3;1H/t5?,6-,7-;/m1./s1. The summed E-state index contributed by atoms with van der Waals surface area (Å²) in [5.41, 5.74) is 0. The van der Waals surface area contributed by atoms with Gasteiger partial charge >= 0.3 is 0 Å². The van der Waals surface area contributed by atoms with Crippen LogP contribution in [0.5, 0.6) is 0 Å². The number of fused-ring (bicyclic) bond motifs is 1. The minimum Gasteiger partial charge on any atom is -0.316 e. The molecule has 2 nitrogen and oxygen atoms in total. The van der Waals surface area contributed by atoms with Crippen LogP contribution in [-0.4, -0.2) is 18.9 Å². The molecular formula is C8H14ClNO. The van der Waals surface area contributed by atoms with Gasteiger partial charge in [0.25, 0.3) is 0 Å². The zero-order valence-electron chi connectivity index (χ0n) is 6.67. The molecule has 1 aliphatic carbocycles. The lowest BCUT2D eigenvalue weighted by Gasteiger charge is -2.09. The molecule has 0 spiro atoms. The average Bonchev–Trinajstić information content (AvgIpc) is 2.41. The molecule has 1 aliphatic heterocycles. The van der Waals surface area contributed by atoms with E-state index in [1.165, 1.54) is 0 Å². The van der Waals surface area contributed by atoms with Gasteiger partial charge in [-0.25, -0.2) is 0 Å². The molecule has 2 aliphatic rings. The average molecular weight is 176 g/mol. The molecule has 0 aromatic heterocycles. The fourth-order valence-corrected chi connectivity index (χ4v) is 2.25. The summed E-state index contributed by atoms with van der Waals surface area (Å²) in [6, 6.07) is 0. The van der Waals surface area contributed by atoms with E-state index in [0.717, 1.165) is 19.5 Å². The summed E-state index contributed by atoms with van der Waals surface area (Å²) < 4.78 is 0. The third-order valence-corrected chi connectivity index (χ3v) is 3.01. The summed E-state index contributed by atoms with van der Waals surface area (Å²) in [4.78, 5) is 11.2. The molecule has 0 amide bonds. The highest BCUT2D eigenvalue weighted by Gasteiger charge is 2.41. The molecule has 0 aromatic carbocycles. The zero-order valence-corrected chi connectivity index (χ0v) is 7.49. The highest BCUT2D eigenvalue weighted by atomic mass is 35.5. The van der Waals surface area contributed by atoms with Crippen molar-refractivity contribution in [3.05, 3.63) is 0 Å². The Morgan fingerprint density at radius 1 is 1.45 bits per heavy atom. The molecule has 64 valence electrons. The van der Waals surface area contributed by atoms with Crippen LogP contribution in [0.4, 0.5) is 0 Å². The van der Waals surface area contributed by atoms with E-state index < -0.39 is 0 Å². The summed E-state index contributed by atoms with van der Waals surface area (Å²) in [7, 11) is 0. The van der Waals surface area contributed by atoms with Crippen molar-refractivity contribution in [2.24, 2.45) is 17.8 Å². The normalized spacial score (nSPS) is 41.9. The number of hydrogen-bond acceptors (Lipinski definition) is 2. The molecule has 1 N–H and O–H groups in total. The van der Waals surface area contributed by atoms with E-state index in [1.807, 2.05) is 0 Å². The smallest absolute Gasteiger partial charge is 0.136 e. The van der Waals surface area contributed by atoms with Gasteiger partial charge < -0.3 is 5.32 Å². The van der Waals surface area contributed by atoms with Crippen molar-refractivity contribution >= 4 is 18.2 Å². The van der Waals surface area contributed by atoms with Gasteiger partial charge in [-0.15, -0.1) is 12.4 Å². The van der Waals surface area contributed by atoms with Crippen molar-refractivity contribution in [3.63, 3.8) is 0 Å². The zero-order chi connectivity index (χ0) is 7.14. The second kappa shape index (κ2) is 3.11. The van der Waals surface area contributed by atoms with E-state index in [1.54, 1.807) is 0 Å². The lowest BCUT2D eigenvalue weighted by Crippen LogP contribution is -2.17. The molecule has 3 atom stereocenters. The first kappa shape index (κ1) is 9.01. The lowest BCUT2D eigenvalue weighted by molar-refractivity contribution is -0.120. The molecule has 1 saturated heterocycles. The number of nitrogens with one attached hydrogen (secondary N) is 1. The highest BCUT2D eigenvalue weighted by Crippen LogP contribution is 2.36. The first-order chi connectivity index (χ1) is 4.79. The van der Waals surface area contributed by atoms with Crippen molar-refractivity contribution in [1.29, 1.82) is 0 Å². The van der Waals surface area contributed by atoms with Crippen LogP contribution >= 0.6 is 12.4 Å². The molecule has 0 aromatic rings. The Labute approximate surface area is 73.1 Å². The van der Waals surface area contributed by atoms with Gasteiger partial charge in [0.2, 0.25) is 0 Å². The van der Waals surface area contributed by atoms with Gasteiger partial charge in [0.15, 0.2) is 0 Å². The largest absolute Gasteiger partial charge is 0.316 e.